The van der Waals surface area contributed by atoms with Gasteiger partial charge in [-0.3, -0.25) is 9.59 Å². The van der Waals surface area contributed by atoms with Gasteiger partial charge in [-0.1, -0.05) is 25.2 Å². The fourth-order valence-corrected chi connectivity index (χ4v) is 3.33. The van der Waals surface area contributed by atoms with Crippen molar-refractivity contribution in [2.24, 2.45) is 11.8 Å². The van der Waals surface area contributed by atoms with Crippen molar-refractivity contribution in [3.8, 4) is 17.6 Å². The minimum atomic E-state index is -0.278. The molecule has 0 bridgehead atoms. The fourth-order valence-electron chi connectivity index (χ4n) is 3.33. The lowest BCUT2D eigenvalue weighted by molar-refractivity contribution is -0.147. The topological polar surface area (TPSA) is 64.6 Å². The van der Waals surface area contributed by atoms with Crippen LogP contribution in [0.25, 0.3) is 0 Å². The van der Waals surface area contributed by atoms with Gasteiger partial charge in [0, 0.05) is 12.1 Å². The van der Waals surface area contributed by atoms with E-state index in [4.69, 9.17) is 9.47 Å². The quantitative estimate of drug-likeness (QED) is 0.601. The monoisotopic (exact) mass is 357 g/mol. The SMILES string of the molecule is CC#CCOc1ccc(C(=O)NCC(C(=O)OC)C2CCCCC2)cc1. The molecule has 1 unspecified atom stereocenters. The molecule has 0 radical (unpaired) electrons. The van der Waals surface area contributed by atoms with E-state index < -0.39 is 0 Å². The van der Waals surface area contributed by atoms with Gasteiger partial charge in [-0.2, -0.15) is 0 Å². The van der Waals surface area contributed by atoms with E-state index >= 15 is 0 Å². The van der Waals surface area contributed by atoms with E-state index in [2.05, 4.69) is 17.2 Å². The van der Waals surface area contributed by atoms with E-state index in [1.165, 1.54) is 13.5 Å². The number of rotatable bonds is 7. The van der Waals surface area contributed by atoms with Gasteiger partial charge in [-0.25, -0.2) is 0 Å². The van der Waals surface area contributed by atoms with Crippen LogP contribution in [0.3, 0.4) is 0 Å². The van der Waals surface area contributed by atoms with Crippen LogP contribution in [0, 0.1) is 23.7 Å². The average molecular weight is 357 g/mol. The molecule has 1 aliphatic carbocycles. The molecular formula is C21H27NO4. The predicted molar refractivity (Wildman–Crippen MR) is 99.8 cm³/mol. The Morgan fingerprint density at radius 2 is 1.88 bits per heavy atom. The summed E-state index contributed by atoms with van der Waals surface area (Å²) in [6.07, 6.45) is 5.52. The molecule has 1 aromatic carbocycles. The van der Waals surface area contributed by atoms with Crippen LogP contribution in [0.15, 0.2) is 24.3 Å². The summed E-state index contributed by atoms with van der Waals surface area (Å²) >= 11 is 0. The van der Waals surface area contributed by atoms with Crippen molar-refractivity contribution >= 4 is 11.9 Å². The molecule has 1 amide bonds. The van der Waals surface area contributed by atoms with Gasteiger partial charge < -0.3 is 14.8 Å². The Morgan fingerprint density at radius 1 is 1.19 bits per heavy atom. The minimum absolute atomic E-state index is 0.199. The molecule has 140 valence electrons. The summed E-state index contributed by atoms with van der Waals surface area (Å²) in [5.74, 6) is 5.81. The maximum atomic E-state index is 12.4. The second kappa shape index (κ2) is 10.5. The number of ether oxygens (including phenoxy) is 2. The van der Waals surface area contributed by atoms with Crippen molar-refractivity contribution in [1.29, 1.82) is 0 Å². The van der Waals surface area contributed by atoms with Crippen LogP contribution in [-0.4, -0.2) is 32.1 Å². The average Bonchev–Trinajstić information content (AvgIpc) is 2.69. The maximum absolute atomic E-state index is 12.4. The van der Waals surface area contributed by atoms with Gasteiger partial charge in [0.05, 0.1) is 13.0 Å². The number of carbonyl (C=O) groups excluding carboxylic acids is 2. The second-order valence-corrected chi connectivity index (χ2v) is 6.48. The molecule has 0 spiro atoms. The lowest BCUT2D eigenvalue weighted by Gasteiger charge is -2.28. The van der Waals surface area contributed by atoms with Crippen molar-refractivity contribution in [2.45, 2.75) is 39.0 Å². The molecule has 5 heteroatoms. The Hall–Kier alpha value is -2.48. The standard InChI is InChI=1S/C21H27NO4/c1-3-4-14-26-18-12-10-17(11-13-18)20(23)22-15-19(21(24)25-2)16-8-6-5-7-9-16/h10-13,16,19H,5-9,14-15H2,1-2H3,(H,22,23). The van der Waals surface area contributed by atoms with Gasteiger partial charge in [0.25, 0.3) is 5.91 Å². The van der Waals surface area contributed by atoms with Crippen molar-refractivity contribution in [3.05, 3.63) is 29.8 Å². The molecule has 0 aromatic heterocycles. The molecule has 0 heterocycles. The number of nitrogens with one attached hydrogen (secondary N) is 1. The van der Waals surface area contributed by atoms with Gasteiger partial charge in [0.2, 0.25) is 0 Å². The van der Waals surface area contributed by atoms with E-state index in [-0.39, 0.29) is 23.7 Å². The Morgan fingerprint density at radius 3 is 2.50 bits per heavy atom. The van der Waals surface area contributed by atoms with Gasteiger partial charge in [0.15, 0.2) is 0 Å². The number of hydrogen-bond acceptors (Lipinski definition) is 4. The molecular weight excluding hydrogens is 330 g/mol. The fraction of sp³-hybridized carbons (Fsp3) is 0.524. The van der Waals surface area contributed by atoms with Crippen LogP contribution in [0.1, 0.15) is 49.4 Å². The summed E-state index contributed by atoms with van der Waals surface area (Å²) in [6, 6.07) is 6.89. The summed E-state index contributed by atoms with van der Waals surface area (Å²) in [7, 11) is 1.40. The highest BCUT2D eigenvalue weighted by Crippen LogP contribution is 2.30. The molecule has 1 atom stereocenters. The van der Waals surface area contributed by atoms with E-state index in [1.807, 2.05) is 0 Å². The first-order chi connectivity index (χ1) is 12.7. The van der Waals surface area contributed by atoms with Crippen LogP contribution in [0.4, 0.5) is 0 Å². The minimum Gasteiger partial charge on any atom is -0.481 e. The lowest BCUT2D eigenvalue weighted by Crippen LogP contribution is -2.38. The van der Waals surface area contributed by atoms with Gasteiger partial charge in [-0.15, -0.1) is 5.92 Å². The normalized spacial score (nSPS) is 15.3. The third-order valence-electron chi connectivity index (χ3n) is 4.81. The number of esters is 1. The number of methoxy groups -OCH3 is 1. The van der Waals surface area contributed by atoms with Gasteiger partial charge in [-0.05, 0) is 49.9 Å². The van der Waals surface area contributed by atoms with Crippen molar-refractivity contribution in [3.63, 3.8) is 0 Å². The van der Waals surface area contributed by atoms with Crippen LogP contribution < -0.4 is 10.1 Å². The number of carbonyl (C=O) groups is 2. The van der Waals surface area contributed by atoms with Crippen LogP contribution >= 0.6 is 0 Å². The van der Waals surface area contributed by atoms with E-state index in [9.17, 15) is 9.59 Å². The van der Waals surface area contributed by atoms with E-state index in [1.54, 1.807) is 31.2 Å². The predicted octanol–water partition coefficient (Wildman–Crippen LogP) is 3.19. The molecule has 1 saturated carbocycles. The van der Waals surface area contributed by atoms with Crippen LogP contribution in [0.5, 0.6) is 5.75 Å². The van der Waals surface area contributed by atoms with Crippen molar-refractivity contribution in [1.82, 2.24) is 5.32 Å². The zero-order valence-corrected chi connectivity index (χ0v) is 15.5. The first-order valence-corrected chi connectivity index (χ1v) is 9.14. The first-order valence-electron chi connectivity index (χ1n) is 9.14. The van der Waals surface area contributed by atoms with E-state index in [0.29, 0.717) is 24.5 Å². The van der Waals surface area contributed by atoms with Crippen LogP contribution in [0.2, 0.25) is 0 Å². The summed E-state index contributed by atoms with van der Waals surface area (Å²) in [6.45, 7) is 2.39. The lowest BCUT2D eigenvalue weighted by atomic mass is 9.80. The summed E-state index contributed by atoms with van der Waals surface area (Å²) < 4.78 is 10.4. The van der Waals surface area contributed by atoms with E-state index in [0.717, 1.165) is 25.7 Å². The number of hydrogen-bond donors (Lipinski definition) is 1. The zero-order valence-electron chi connectivity index (χ0n) is 15.5. The highest BCUT2D eigenvalue weighted by Gasteiger charge is 2.30. The Bertz CT molecular complexity index is 651. The molecule has 0 saturated heterocycles. The van der Waals surface area contributed by atoms with Gasteiger partial charge >= 0.3 is 5.97 Å². The molecule has 1 N–H and O–H groups in total. The van der Waals surface area contributed by atoms with Crippen molar-refractivity contribution in [2.75, 3.05) is 20.3 Å². The first kappa shape index (κ1) is 19.8. The highest BCUT2D eigenvalue weighted by molar-refractivity contribution is 5.94. The third kappa shape index (κ3) is 5.80. The zero-order chi connectivity index (χ0) is 18.8. The van der Waals surface area contributed by atoms with Crippen LogP contribution in [-0.2, 0) is 9.53 Å². The molecule has 1 aliphatic rings. The molecule has 2 rings (SSSR count). The Kier molecular flexibility index (Phi) is 8.01. The number of amides is 1. The Balaban J connectivity index is 1.91. The molecule has 1 aromatic rings. The largest absolute Gasteiger partial charge is 0.481 e. The van der Waals surface area contributed by atoms with Crippen molar-refractivity contribution < 1.29 is 19.1 Å². The third-order valence-corrected chi connectivity index (χ3v) is 4.81. The van der Waals surface area contributed by atoms with Gasteiger partial charge in [0.1, 0.15) is 12.4 Å². The second-order valence-electron chi connectivity index (χ2n) is 6.48. The molecule has 1 fully saturated rings. The highest BCUT2D eigenvalue weighted by atomic mass is 16.5. The molecule has 5 nitrogen and oxygen atoms in total. The summed E-state index contributed by atoms with van der Waals surface area (Å²) in [5, 5.41) is 2.88. The number of benzene rings is 1. The molecule has 26 heavy (non-hydrogen) atoms. The Labute approximate surface area is 155 Å². The molecule has 0 aliphatic heterocycles. The summed E-state index contributed by atoms with van der Waals surface area (Å²) in [4.78, 5) is 24.5. The maximum Gasteiger partial charge on any atom is 0.310 e. The summed E-state index contributed by atoms with van der Waals surface area (Å²) in [5.41, 5.74) is 0.534. The smallest absolute Gasteiger partial charge is 0.310 e.